The summed E-state index contributed by atoms with van der Waals surface area (Å²) < 4.78 is 40.5. The Kier molecular flexibility index (Phi) is 5.35. The van der Waals surface area contributed by atoms with E-state index in [2.05, 4.69) is 32.5 Å². The topological polar surface area (TPSA) is 83.5 Å². The highest BCUT2D eigenvalue weighted by Crippen LogP contribution is 2.42. The zero-order valence-corrected chi connectivity index (χ0v) is 16.8. The van der Waals surface area contributed by atoms with E-state index < -0.39 is 18.2 Å². The highest BCUT2D eigenvalue weighted by Gasteiger charge is 2.36. The van der Waals surface area contributed by atoms with Gasteiger partial charge in [0.1, 0.15) is 5.75 Å². The van der Waals surface area contributed by atoms with Crippen LogP contribution in [0.5, 0.6) is 11.6 Å². The van der Waals surface area contributed by atoms with E-state index in [0.717, 1.165) is 25.0 Å². The lowest BCUT2D eigenvalue weighted by Crippen LogP contribution is -2.23. The van der Waals surface area contributed by atoms with Crippen molar-refractivity contribution >= 4 is 28.1 Å². The smallest absolute Gasteiger partial charge is 0.492 e. The molecule has 3 N–H and O–H groups in total. The first kappa shape index (κ1) is 20.5. The molecule has 2 aliphatic rings. The lowest BCUT2D eigenvalue weighted by Gasteiger charge is -2.18. The van der Waals surface area contributed by atoms with E-state index in [0.29, 0.717) is 27.5 Å². The van der Waals surface area contributed by atoms with Crippen LogP contribution >= 0.6 is 11.3 Å². The Labute approximate surface area is 174 Å². The molecule has 6 nitrogen and oxygen atoms in total. The van der Waals surface area contributed by atoms with Crippen molar-refractivity contribution in [2.75, 3.05) is 10.6 Å². The minimum absolute atomic E-state index is 0.197. The Morgan fingerprint density at radius 3 is 2.60 bits per heavy atom. The number of anilines is 2. The van der Waals surface area contributed by atoms with Gasteiger partial charge in [0.2, 0.25) is 11.8 Å². The van der Waals surface area contributed by atoms with Gasteiger partial charge in [-0.1, -0.05) is 23.5 Å². The number of allylic oxidation sites excluding steroid dienone is 1. The molecule has 1 amide bonds. The quantitative estimate of drug-likeness (QED) is 0.560. The normalized spacial score (nSPS) is 23.4. The Hall–Kier alpha value is -2.75. The number of alkyl halides is 3. The van der Waals surface area contributed by atoms with E-state index >= 15 is 0 Å². The average Bonchev–Trinajstić information content (AvgIpc) is 3.37. The Bertz CT molecular complexity index is 958. The average molecular weight is 439 g/mol. The number of benzene rings is 1. The molecule has 2 aliphatic carbocycles. The van der Waals surface area contributed by atoms with Crippen molar-refractivity contribution in [2.45, 2.75) is 38.1 Å². The molecule has 160 valence electrons. The van der Waals surface area contributed by atoms with Crippen molar-refractivity contribution in [3.05, 3.63) is 41.3 Å². The van der Waals surface area contributed by atoms with Gasteiger partial charge < -0.3 is 20.5 Å². The molecule has 0 saturated heterocycles. The molecule has 0 radical (unpaired) electrons. The number of carbonyl (C=O) groups is 1. The maximum Gasteiger partial charge on any atom is 0.573 e. The molecule has 1 heterocycles. The fraction of sp³-hybridized carbons (Fsp3) is 0.400. The Morgan fingerprint density at radius 2 is 2.00 bits per heavy atom. The fourth-order valence-corrected chi connectivity index (χ4v) is 4.85. The number of hydrogen-bond donors (Lipinski definition) is 3. The zero-order valence-electron chi connectivity index (χ0n) is 15.9. The second kappa shape index (κ2) is 7.82. The molecule has 2 aromatic rings. The first-order valence-electron chi connectivity index (χ1n) is 9.49. The van der Waals surface area contributed by atoms with Crippen LogP contribution in [0.25, 0.3) is 0 Å². The molecular formula is C20H20F3N3O3S. The number of aromatic nitrogens is 1. The summed E-state index contributed by atoms with van der Waals surface area (Å²) in [4.78, 5) is 17.1. The molecule has 1 fully saturated rings. The molecule has 1 saturated carbocycles. The number of halogens is 3. The third-order valence-electron chi connectivity index (χ3n) is 5.36. The van der Waals surface area contributed by atoms with Gasteiger partial charge in [-0.2, -0.15) is 4.98 Å². The van der Waals surface area contributed by atoms with Gasteiger partial charge in [0.05, 0.1) is 10.8 Å². The summed E-state index contributed by atoms with van der Waals surface area (Å²) in [6.07, 6.45) is 1.83. The van der Waals surface area contributed by atoms with Crippen LogP contribution in [-0.4, -0.2) is 28.4 Å². The highest BCUT2D eigenvalue weighted by atomic mass is 32.1. The van der Waals surface area contributed by atoms with E-state index in [4.69, 9.17) is 0 Å². The van der Waals surface area contributed by atoms with Crippen molar-refractivity contribution < 1.29 is 27.8 Å². The van der Waals surface area contributed by atoms with Gasteiger partial charge in [0, 0.05) is 11.7 Å². The van der Waals surface area contributed by atoms with Crippen molar-refractivity contribution in [1.82, 2.24) is 4.98 Å². The summed E-state index contributed by atoms with van der Waals surface area (Å²) in [5.41, 5.74) is 0.317. The van der Waals surface area contributed by atoms with Crippen LogP contribution in [0.2, 0.25) is 0 Å². The van der Waals surface area contributed by atoms with Gasteiger partial charge in [0.15, 0.2) is 5.13 Å². The number of thiazole rings is 1. The summed E-state index contributed by atoms with van der Waals surface area (Å²) in [5.74, 6) is -0.609. The number of nitrogens with zero attached hydrogens (tertiary/aromatic N) is 1. The number of aromatic hydroxyl groups is 1. The van der Waals surface area contributed by atoms with Gasteiger partial charge in [-0.25, -0.2) is 0 Å². The summed E-state index contributed by atoms with van der Waals surface area (Å²) in [6.45, 7) is 1.63. The van der Waals surface area contributed by atoms with Crippen molar-refractivity contribution in [1.29, 1.82) is 0 Å². The molecule has 0 spiro atoms. The Morgan fingerprint density at radius 1 is 1.27 bits per heavy atom. The van der Waals surface area contributed by atoms with Crippen LogP contribution < -0.4 is 15.4 Å². The molecule has 4 unspecified atom stereocenters. The van der Waals surface area contributed by atoms with E-state index in [1.807, 2.05) is 0 Å². The zero-order chi connectivity index (χ0) is 21.5. The van der Waals surface area contributed by atoms with Gasteiger partial charge in [-0.15, -0.1) is 13.2 Å². The maximum atomic E-state index is 12.6. The van der Waals surface area contributed by atoms with Crippen molar-refractivity contribution in [3.63, 3.8) is 0 Å². The Balaban J connectivity index is 1.38. The second-order valence-corrected chi connectivity index (χ2v) is 8.55. The molecule has 30 heavy (non-hydrogen) atoms. The largest absolute Gasteiger partial charge is 0.573 e. The number of ether oxygens (including phenoxy) is 1. The second-order valence-electron chi connectivity index (χ2n) is 7.52. The van der Waals surface area contributed by atoms with Crippen LogP contribution in [-0.2, 0) is 4.79 Å². The van der Waals surface area contributed by atoms with Crippen molar-refractivity contribution in [2.24, 2.45) is 11.8 Å². The predicted molar refractivity (Wildman–Crippen MR) is 107 cm³/mol. The molecule has 1 aromatic carbocycles. The fourth-order valence-electron chi connectivity index (χ4n) is 3.88. The van der Waals surface area contributed by atoms with Crippen LogP contribution in [0.15, 0.2) is 36.4 Å². The van der Waals surface area contributed by atoms with E-state index in [9.17, 15) is 23.1 Å². The van der Waals surface area contributed by atoms with Crippen LogP contribution in [0.1, 0.15) is 30.6 Å². The molecule has 4 rings (SSSR count). The van der Waals surface area contributed by atoms with Crippen LogP contribution in [0.3, 0.4) is 0 Å². The SMILES string of the molecule is CC(C(=O)Nc1ccc(OC(F)(F)F)cc1)c1sc(NC2CC3C=CC2C3)nc1O. The highest BCUT2D eigenvalue weighted by molar-refractivity contribution is 7.16. The summed E-state index contributed by atoms with van der Waals surface area (Å²) >= 11 is 1.23. The minimum Gasteiger partial charge on any atom is -0.492 e. The molecule has 1 aromatic heterocycles. The third kappa shape index (κ3) is 4.53. The summed E-state index contributed by atoms with van der Waals surface area (Å²) in [7, 11) is 0. The monoisotopic (exact) mass is 439 g/mol. The standard InChI is InChI=1S/C20H20F3N3O3S/c1-10(17(27)24-13-4-6-14(7-5-13)29-20(21,22)23)16-18(28)26-19(30-16)25-15-9-11-2-3-12(15)8-11/h2-7,10-12,15,28H,8-9H2,1H3,(H,24,27)(H,25,26). The predicted octanol–water partition coefficient (Wildman–Crippen LogP) is 4.87. The third-order valence-corrected chi connectivity index (χ3v) is 6.52. The minimum atomic E-state index is -4.77. The summed E-state index contributed by atoms with van der Waals surface area (Å²) in [6, 6.07) is 5.13. The van der Waals surface area contributed by atoms with E-state index in [-0.39, 0.29) is 17.7 Å². The van der Waals surface area contributed by atoms with Crippen LogP contribution in [0, 0.1) is 11.8 Å². The molecule has 10 heteroatoms. The lowest BCUT2D eigenvalue weighted by atomic mass is 10.0. The number of rotatable bonds is 6. The van der Waals surface area contributed by atoms with Gasteiger partial charge in [-0.05, 0) is 55.9 Å². The van der Waals surface area contributed by atoms with Gasteiger partial charge in [0.25, 0.3) is 0 Å². The molecule has 4 atom stereocenters. The molecular weight excluding hydrogens is 419 g/mol. The number of amides is 1. The van der Waals surface area contributed by atoms with Crippen molar-refractivity contribution in [3.8, 4) is 11.6 Å². The number of hydrogen-bond acceptors (Lipinski definition) is 6. The maximum absolute atomic E-state index is 12.6. The number of fused-ring (bicyclic) bond motifs is 2. The summed E-state index contributed by atoms with van der Waals surface area (Å²) in [5, 5.41) is 16.8. The number of carbonyl (C=O) groups excluding carboxylic acids is 1. The van der Waals surface area contributed by atoms with Crippen LogP contribution in [0.4, 0.5) is 24.0 Å². The molecule has 2 bridgehead atoms. The number of nitrogens with one attached hydrogen (secondary N) is 2. The van der Waals surface area contributed by atoms with E-state index in [1.54, 1.807) is 6.92 Å². The van der Waals surface area contributed by atoms with Gasteiger partial charge >= 0.3 is 6.36 Å². The first-order chi connectivity index (χ1) is 14.2. The first-order valence-corrected chi connectivity index (χ1v) is 10.3. The lowest BCUT2D eigenvalue weighted by molar-refractivity contribution is -0.274. The van der Waals surface area contributed by atoms with E-state index in [1.165, 1.54) is 23.5 Å². The van der Waals surface area contributed by atoms with Gasteiger partial charge in [-0.3, -0.25) is 4.79 Å². The molecule has 0 aliphatic heterocycles.